The van der Waals surface area contributed by atoms with E-state index in [4.69, 9.17) is 9.47 Å². The number of hydrogen-bond donors (Lipinski definition) is 0. The topological polar surface area (TPSA) is 35.5 Å². The Morgan fingerprint density at radius 1 is 1.45 bits per heavy atom. The van der Waals surface area contributed by atoms with Crippen molar-refractivity contribution in [3.8, 4) is 5.75 Å². The number of carbonyl (C=O) groups excluding carboxylic acids is 1. The molecule has 1 aromatic carbocycles. The van der Waals surface area contributed by atoms with E-state index in [-0.39, 0.29) is 17.3 Å². The molecule has 2 aliphatic rings. The highest BCUT2D eigenvalue weighted by atomic mass is 79.9. The maximum Gasteiger partial charge on any atom is 0.166 e. The van der Waals surface area contributed by atoms with Gasteiger partial charge in [0.25, 0.3) is 0 Å². The summed E-state index contributed by atoms with van der Waals surface area (Å²) >= 11 is 3.44. The monoisotopic (exact) mass is 338 g/mol. The summed E-state index contributed by atoms with van der Waals surface area (Å²) in [5.41, 5.74) is 0.779. The zero-order chi connectivity index (χ0) is 14.2. The maximum absolute atomic E-state index is 12.7. The van der Waals surface area contributed by atoms with Gasteiger partial charge in [-0.15, -0.1) is 0 Å². The van der Waals surface area contributed by atoms with Gasteiger partial charge in [0.15, 0.2) is 5.78 Å². The van der Waals surface area contributed by atoms with Crippen LogP contribution < -0.4 is 4.74 Å². The molecule has 3 rings (SSSR count). The molecule has 0 radical (unpaired) electrons. The molecule has 1 spiro atoms. The van der Waals surface area contributed by atoms with Crippen molar-refractivity contribution in [1.82, 2.24) is 0 Å². The van der Waals surface area contributed by atoms with E-state index < -0.39 is 0 Å². The molecular formula is C16H19BrO3. The standard InChI is InChI=1S/C16H19BrO3/c1-19-14-4-3-11(9-13(14)17)15(18)12-5-8-20-16(10-12)6-2-7-16/h3-4,9,12H,2,5-8,10H2,1H3. The largest absolute Gasteiger partial charge is 0.496 e. The molecule has 0 bridgehead atoms. The van der Waals surface area contributed by atoms with E-state index in [1.807, 2.05) is 18.2 Å². The van der Waals surface area contributed by atoms with E-state index in [1.54, 1.807) is 7.11 Å². The molecule has 4 heteroatoms. The summed E-state index contributed by atoms with van der Waals surface area (Å²) < 4.78 is 11.9. The molecule has 20 heavy (non-hydrogen) atoms. The molecule has 0 aromatic heterocycles. The zero-order valence-corrected chi connectivity index (χ0v) is 13.2. The highest BCUT2D eigenvalue weighted by Gasteiger charge is 2.44. The average Bonchev–Trinajstić information content (AvgIpc) is 2.45. The second-order valence-electron chi connectivity index (χ2n) is 5.79. The number of hydrogen-bond acceptors (Lipinski definition) is 3. The lowest BCUT2D eigenvalue weighted by molar-refractivity contribution is -0.137. The third kappa shape index (κ3) is 2.51. The summed E-state index contributed by atoms with van der Waals surface area (Å²) in [6.45, 7) is 0.716. The van der Waals surface area contributed by atoms with Crippen LogP contribution in [0.5, 0.6) is 5.75 Å². The second kappa shape index (κ2) is 5.49. The molecule has 1 aliphatic carbocycles. The second-order valence-corrected chi connectivity index (χ2v) is 6.64. The summed E-state index contributed by atoms with van der Waals surface area (Å²) in [5, 5.41) is 0. The third-order valence-corrected chi connectivity index (χ3v) is 5.18. The molecule has 1 unspecified atom stereocenters. The smallest absolute Gasteiger partial charge is 0.166 e. The van der Waals surface area contributed by atoms with Crippen molar-refractivity contribution in [3.05, 3.63) is 28.2 Å². The fraction of sp³-hybridized carbons (Fsp3) is 0.562. The van der Waals surface area contributed by atoms with Gasteiger partial charge in [-0.2, -0.15) is 0 Å². The number of ether oxygens (including phenoxy) is 2. The van der Waals surface area contributed by atoms with Gasteiger partial charge in [-0.05, 0) is 66.2 Å². The predicted octanol–water partition coefficient (Wildman–Crippen LogP) is 3.99. The molecule has 1 aromatic rings. The number of Topliss-reactive ketones (excluding diaryl/α,β-unsaturated/α-hetero) is 1. The normalized spacial score (nSPS) is 24.2. The van der Waals surface area contributed by atoms with E-state index in [0.29, 0.717) is 6.61 Å². The molecular weight excluding hydrogens is 320 g/mol. The first kappa shape index (κ1) is 14.1. The minimum atomic E-state index is 0.0161. The van der Waals surface area contributed by atoms with Gasteiger partial charge < -0.3 is 9.47 Å². The lowest BCUT2D eigenvalue weighted by Crippen LogP contribution is -2.47. The molecule has 0 amide bonds. The summed E-state index contributed by atoms with van der Waals surface area (Å²) in [4.78, 5) is 12.7. The summed E-state index contributed by atoms with van der Waals surface area (Å²) in [7, 11) is 1.63. The van der Waals surface area contributed by atoms with Gasteiger partial charge >= 0.3 is 0 Å². The van der Waals surface area contributed by atoms with Crippen LogP contribution in [0.2, 0.25) is 0 Å². The zero-order valence-electron chi connectivity index (χ0n) is 11.7. The van der Waals surface area contributed by atoms with Crippen molar-refractivity contribution in [2.24, 2.45) is 5.92 Å². The summed E-state index contributed by atoms with van der Waals surface area (Å²) in [6, 6.07) is 5.56. The number of ketones is 1. The Morgan fingerprint density at radius 2 is 2.25 bits per heavy atom. The third-order valence-electron chi connectivity index (χ3n) is 4.56. The van der Waals surface area contributed by atoms with Crippen LogP contribution in [-0.2, 0) is 4.74 Å². The molecule has 108 valence electrons. The summed E-state index contributed by atoms with van der Waals surface area (Å²) in [6.07, 6.45) is 5.18. The fourth-order valence-electron chi connectivity index (χ4n) is 3.23. The van der Waals surface area contributed by atoms with Gasteiger partial charge in [0.1, 0.15) is 5.75 Å². The van der Waals surface area contributed by atoms with Crippen molar-refractivity contribution in [1.29, 1.82) is 0 Å². The van der Waals surface area contributed by atoms with Crippen LogP contribution in [0.4, 0.5) is 0 Å². The van der Waals surface area contributed by atoms with E-state index in [2.05, 4.69) is 15.9 Å². The molecule has 1 saturated heterocycles. The minimum absolute atomic E-state index is 0.0161. The van der Waals surface area contributed by atoms with E-state index in [1.165, 1.54) is 6.42 Å². The molecule has 3 nitrogen and oxygen atoms in total. The number of rotatable bonds is 3. The highest BCUT2D eigenvalue weighted by molar-refractivity contribution is 9.10. The van der Waals surface area contributed by atoms with Gasteiger partial charge in [0.2, 0.25) is 0 Å². The Bertz CT molecular complexity index is 522. The SMILES string of the molecule is COc1ccc(C(=O)C2CCOC3(CCC3)C2)cc1Br. The Morgan fingerprint density at radius 3 is 2.85 bits per heavy atom. The molecule has 1 atom stereocenters. The lowest BCUT2D eigenvalue weighted by atomic mass is 9.70. The van der Waals surface area contributed by atoms with Crippen LogP contribution >= 0.6 is 15.9 Å². The Hall–Kier alpha value is -0.870. The van der Waals surface area contributed by atoms with E-state index in [0.717, 1.165) is 41.5 Å². The van der Waals surface area contributed by atoms with Gasteiger partial charge in [-0.1, -0.05) is 0 Å². The van der Waals surface area contributed by atoms with Crippen LogP contribution in [0.25, 0.3) is 0 Å². The van der Waals surface area contributed by atoms with Gasteiger partial charge in [-0.25, -0.2) is 0 Å². The first-order valence-electron chi connectivity index (χ1n) is 7.15. The number of benzene rings is 1. The lowest BCUT2D eigenvalue weighted by Gasteiger charge is -2.46. The van der Waals surface area contributed by atoms with Crippen molar-refractivity contribution >= 4 is 21.7 Å². The molecule has 2 fully saturated rings. The number of carbonyl (C=O) groups is 1. The highest BCUT2D eigenvalue weighted by Crippen LogP contribution is 2.45. The summed E-state index contributed by atoms with van der Waals surface area (Å²) in [5.74, 6) is 1.09. The minimum Gasteiger partial charge on any atom is -0.496 e. The first-order chi connectivity index (χ1) is 9.63. The molecule has 1 saturated carbocycles. The number of halogens is 1. The molecule has 0 N–H and O–H groups in total. The first-order valence-corrected chi connectivity index (χ1v) is 7.95. The van der Waals surface area contributed by atoms with Crippen molar-refractivity contribution in [2.45, 2.75) is 37.7 Å². The van der Waals surface area contributed by atoms with Crippen LogP contribution in [0.15, 0.2) is 22.7 Å². The van der Waals surface area contributed by atoms with Gasteiger partial charge in [0, 0.05) is 18.1 Å². The van der Waals surface area contributed by atoms with Gasteiger partial charge in [-0.3, -0.25) is 4.79 Å². The van der Waals surface area contributed by atoms with Crippen molar-refractivity contribution in [3.63, 3.8) is 0 Å². The predicted molar refractivity (Wildman–Crippen MR) is 80.3 cm³/mol. The Kier molecular flexibility index (Phi) is 3.87. The van der Waals surface area contributed by atoms with E-state index >= 15 is 0 Å². The molecule has 1 aliphatic heterocycles. The average molecular weight is 339 g/mol. The van der Waals surface area contributed by atoms with Crippen LogP contribution in [0, 0.1) is 5.92 Å². The fourth-order valence-corrected chi connectivity index (χ4v) is 3.77. The number of methoxy groups -OCH3 is 1. The van der Waals surface area contributed by atoms with Crippen LogP contribution in [0.1, 0.15) is 42.5 Å². The quantitative estimate of drug-likeness (QED) is 0.781. The maximum atomic E-state index is 12.7. The van der Waals surface area contributed by atoms with Gasteiger partial charge in [0.05, 0.1) is 17.2 Å². The molecule has 1 heterocycles. The van der Waals surface area contributed by atoms with Crippen LogP contribution in [0.3, 0.4) is 0 Å². The van der Waals surface area contributed by atoms with Crippen LogP contribution in [-0.4, -0.2) is 25.1 Å². The van der Waals surface area contributed by atoms with Crippen molar-refractivity contribution < 1.29 is 14.3 Å². The Labute approximate surface area is 127 Å². The Balaban J connectivity index is 1.76. The van der Waals surface area contributed by atoms with E-state index in [9.17, 15) is 4.79 Å². The van der Waals surface area contributed by atoms with Crippen molar-refractivity contribution in [2.75, 3.05) is 13.7 Å².